The summed E-state index contributed by atoms with van der Waals surface area (Å²) in [6, 6.07) is 9.83. The minimum atomic E-state index is -0.281. The van der Waals surface area contributed by atoms with Crippen LogP contribution in [0.3, 0.4) is 0 Å². The number of benzene rings is 1. The largest absolute Gasteiger partial charge is 0.353 e. The summed E-state index contributed by atoms with van der Waals surface area (Å²) in [4.78, 5) is 35.9. The zero-order valence-electron chi connectivity index (χ0n) is 16.4. The number of aromatic amines is 1. The molecule has 1 unspecified atom stereocenters. The Labute approximate surface area is 168 Å². The first-order chi connectivity index (χ1) is 13.9. The molecule has 0 aliphatic carbocycles. The fourth-order valence-corrected chi connectivity index (χ4v) is 3.18. The number of carbonyl (C=O) groups is 1. The zero-order chi connectivity index (χ0) is 20.8. The third-order valence-corrected chi connectivity index (χ3v) is 4.67. The molecule has 7 heteroatoms. The normalized spacial score (nSPS) is 11.8. The highest BCUT2D eigenvalue weighted by molar-refractivity contribution is 5.76. The third-order valence-electron chi connectivity index (χ3n) is 4.67. The fraction of sp³-hybridized carbons (Fsp3) is 0.273. The van der Waals surface area contributed by atoms with Crippen LogP contribution < -0.4 is 10.9 Å². The van der Waals surface area contributed by atoms with Crippen LogP contribution in [0.5, 0.6) is 0 Å². The van der Waals surface area contributed by atoms with Crippen molar-refractivity contribution in [2.75, 3.05) is 0 Å². The van der Waals surface area contributed by atoms with E-state index in [-0.39, 0.29) is 36.2 Å². The summed E-state index contributed by atoms with van der Waals surface area (Å²) in [5.74, 6) is 0.00331. The van der Waals surface area contributed by atoms with Gasteiger partial charge in [0.15, 0.2) is 0 Å². The Morgan fingerprint density at radius 3 is 2.62 bits per heavy atom. The van der Waals surface area contributed by atoms with Crippen molar-refractivity contribution >= 4 is 5.91 Å². The molecule has 1 amide bonds. The van der Waals surface area contributed by atoms with Gasteiger partial charge in [0.2, 0.25) is 5.91 Å². The Kier molecular flexibility index (Phi) is 6.49. The standard InChI is InChI=1S/C22H23FN4O2/c1-14(13-17-5-3-4-6-19(17)23)25-20(28)8-7-18-15(2)26-21(27-22(18)29)16-9-11-24-12-10-16/h3-6,9-12,14H,7-8,13H2,1-2H3,(H,25,28)(H,26,27,29). The lowest BCUT2D eigenvalue weighted by Crippen LogP contribution is -2.34. The number of hydrogen-bond donors (Lipinski definition) is 2. The molecule has 0 aliphatic heterocycles. The van der Waals surface area contributed by atoms with Crippen molar-refractivity contribution < 1.29 is 9.18 Å². The smallest absolute Gasteiger partial charge is 0.254 e. The van der Waals surface area contributed by atoms with Gasteiger partial charge in [0.25, 0.3) is 5.56 Å². The summed E-state index contributed by atoms with van der Waals surface area (Å²) in [7, 11) is 0. The van der Waals surface area contributed by atoms with Crippen molar-refractivity contribution in [2.45, 2.75) is 39.2 Å². The van der Waals surface area contributed by atoms with E-state index in [1.54, 1.807) is 49.6 Å². The number of hydrogen-bond acceptors (Lipinski definition) is 4. The second kappa shape index (κ2) is 9.23. The number of nitrogens with one attached hydrogen (secondary N) is 2. The first-order valence-corrected chi connectivity index (χ1v) is 9.47. The fourth-order valence-electron chi connectivity index (χ4n) is 3.18. The number of halogens is 1. The molecule has 2 aromatic heterocycles. The summed E-state index contributed by atoms with van der Waals surface area (Å²) in [5.41, 5.74) is 2.15. The minimum absolute atomic E-state index is 0.155. The average molecular weight is 394 g/mol. The van der Waals surface area contributed by atoms with Crippen LogP contribution in [-0.4, -0.2) is 26.9 Å². The van der Waals surface area contributed by atoms with Crippen LogP contribution in [0.2, 0.25) is 0 Å². The lowest BCUT2D eigenvalue weighted by molar-refractivity contribution is -0.121. The molecule has 0 aliphatic rings. The number of H-pyrrole nitrogens is 1. The maximum absolute atomic E-state index is 13.7. The summed E-state index contributed by atoms with van der Waals surface area (Å²) < 4.78 is 13.7. The Morgan fingerprint density at radius 1 is 1.21 bits per heavy atom. The monoisotopic (exact) mass is 394 g/mol. The van der Waals surface area contributed by atoms with Gasteiger partial charge < -0.3 is 10.3 Å². The van der Waals surface area contributed by atoms with Crippen LogP contribution in [0.25, 0.3) is 11.4 Å². The molecular weight excluding hydrogens is 371 g/mol. The molecule has 2 heterocycles. The van der Waals surface area contributed by atoms with Crippen LogP contribution in [0, 0.1) is 12.7 Å². The molecule has 3 aromatic rings. The molecule has 0 saturated heterocycles. The molecule has 0 saturated carbocycles. The van der Waals surface area contributed by atoms with E-state index in [0.717, 1.165) is 5.56 Å². The molecule has 0 fully saturated rings. The lowest BCUT2D eigenvalue weighted by Gasteiger charge is -2.14. The molecule has 29 heavy (non-hydrogen) atoms. The SMILES string of the molecule is Cc1nc(-c2ccncc2)[nH]c(=O)c1CCC(=O)NC(C)Cc1ccccc1F. The zero-order valence-corrected chi connectivity index (χ0v) is 16.4. The van der Waals surface area contributed by atoms with Gasteiger partial charge in [0.1, 0.15) is 11.6 Å². The van der Waals surface area contributed by atoms with Crippen LogP contribution >= 0.6 is 0 Å². The second-order valence-electron chi connectivity index (χ2n) is 6.98. The summed E-state index contributed by atoms with van der Waals surface area (Å²) >= 11 is 0. The van der Waals surface area contributed by atoms with Crippen molar-refractivity contribution in [3.05, 3.63) is 81.8 Å². The van der Waals surface area contributed by atoms with Crippen molar-refractivity contribution in [3.63, 3.8) is 0 Å². The number of pyridine rings is 1. The highest BCUT2D eigenvalue weighted by Gasteiger charge is 2.14. The predicted octanol–water partition coefficient (Wildman–Crippen LogP) is 2.96. The number of aromatic nitrogens is 3. The van der Waals surface area contributed by atoms with Crippen molar-refractivity contribution in [1.82, 2.24) is 20.3 Å². The van der Waals surface area contributed by atoms with E-state index in [4.69, 9.17) is 0 Å². The maximum atomic E-state index is 13.7. The molecule has 1 atom stereocenters. The number of amides is 1. The van der Waals surface area contributed by atoms with Crippen LogP contribution in [0.15, 0.2) is 53.6 Å². The van der Waals surface area contributed by atoms with Crippen molar-refractivity contribution in [1.29, 1.82) is 0 Å². The van der Waals surface area contributed by atoms with Crippen LogP contribution in [-0.2, 0) is 17.6 Å². The lowest BCUT2D eigenvalue weighted by atomic mass is 10.1. The Hall–Kier alpha value is -3.35. The van der Waals surface area contributed by atoms with Crippen LogP contribution in [0.1, 0.15) is 30.2 Å². The molecule has 3 rings (SSSR count). The summed E-state index contributed by atoms with van der Waals surface area (Å²) in [5, 5.41) is 2.86. The Morgan fingerprint density at radius 2 is 1.93 bits per heavy atom. The minimum Gasteiger partial charge on any atom is -0.353 e. The summed E-state index contributed by atoms with van der Waals surface area (Å²) in [6.07, 6.45) is 4.10. The van der Waals surface area contributed by atoms with E-state index in [0.29, 0.717) is 29.1 Å². The van der Waals surface area contributed by atoms with Gasteiger partial charge in [-0.25, -0.2) is 9.37 Å². The summed E-state index contributed by atoms with van der Waals surface area (Å²) in [6.45, 7) is 3.58. The Balaban J connectivity index is 1.60. The average Bonchev–Trinajstić information content (AvgIpc) is 2.69. The topological polar surface area (TPSA) is 87.7 Å². The molecule has 1 aromatic carbocycles. The van der Waals surface area contributed by atoms with Gasteiger partial charge in [-0.1, -0.05) is 18.2 Å². The van der Waals surface area contributed by atoms with Crippen LogP contribution in [0.4, 0.5) is 4.39 Å². The number of rotatable bonds is 7. The quantitative estimate of drug-likeness (QED) is 0.645. The number of aryl methyl sites for hydroxylation is 1. The molecule has 6 nitrogen and oxygen atoms in total. The van der Waals surface area contributed by atoms with Gasteiger partial charge in [-0.15, -0.1) is 0 Å². The van der Waals surface area contributed by atoms with Gasteiger partial charge in [0.05, 0.1) is 0 Å². The molecule has 2 N–H and O–H groups in total. The number of nitrogens with zero attached hydrogens (tertiary/aromatic N) is 2. The molecule has 0 radical (unpaired) electrons. The van der Waals surface area contributed by atoms with Crippen molar-refractivity contribution in [2.24, 2.45) is 0 Å². The van der Waals surface area contributed by atoms with E-state index < -0.39 is 0 Å². The van der Waals surface area contributed by atoms with E-state index in [1.807, 2.05) is 6.92 Å². The van der Waals surface area contributed by atoms with E-state index in [1.165, 1.54) is 6.07 Å². The van der Waals surface area contributed by atoms with E-state index >= 15 is 0 Å². The van der Waals surface area contributed by atoms with Gasteiger partial charge in [-0.05, 0) is 50.5 Å². The Bertz CT molecular complexity index is 1050. The predicted molar refractivity (Wildman–Crippen MR) is 109 cm³/mol. The molecular formula is C22H23FN4O2. The van der Waals surface area contributed by atoms with Gasteiger partial charge in [-0.2, -0.15) is 0 Å². The van der Waals surface area contributed by atoms with Gasteiger partial charge >= 0.3 is 0 Å². The molecule has 0 spiro atoms. The first-order valence-electron chi connectivity index (χ1n) is 9.47. The molecule has 150 valence electrons. The first kappa shape index (κ1) is 20.4. The highest BCUT2D eigenvalue weighted by atomic mass is 19.1. The van der Waals surface area contributed by atoms with Crippen molar-refractivity contribution in [3.8, 4) is 11.4 Å². The highest BCUT2D eigenvalue weighted by Crippen LogP contribution is 2.14. The second-order valence-corrected chi connectivity index (χ2v) is 6.98. The third kappa shape index (κ3) is 5.34. The van der Waals surface area contributed by atoms with E-state index in [9.17, 15) is 14.0 Å². The van der Waals surface area contributed by atoms with E-state index in [2.05, 4.69) is 20.3 Å². The molecule has 0 bridgehead atoms. The number of carbonyl (C=O) groups excluding carboxylic acids is 1. The van der Waals surface area contributed by atoms with Gasteiger partial charge in [-0.3, -0.25) is 14.6 Å². The van der Waals surface area contributed by atoms with Gasteiger partial charge in [0, 0.05) is 41.7 Å². The maximum Gasteiger partial charge on any atom is 0.254 e.